The first-order valence-corrected chi connectivity index (χ1v) is 10.7. The third-order valence-electron chi connectivity index (χ3n) is 5.35. The van der Waals surface area contributed by atoms with Crippen molar-refractivity contribution in [3.05, 3.63) is 60.1 Å². The number of rotatable bonds is 8. The molecule has 2 amide bonds. The van der Waals surface area contributed by atoms with Crippen molar-refractivity contribution in [2.24, 2.45) is 0 Å². The SMILES string of the molecule is Cc1ccc(C(CNC(=O)NCCNc2ccc3ccccc3n2)N2CCOCC2)o1. The molecule has 1 fully saturated rings. The Labute approximate surface area is 182 Å². The molecule has 1 aliphatic heterocycles. The molecule has 1 aliphatic rings. The molecule has 0 radical (unpaired) electrons. The van der Waals surface area contributed by atoms with Crippen LogP contribution in [0.5, 0.6) is 0 Å². The Morgan fingerprint density at radius 3 is 2.71 bits per heavy atom. The van der Waals surface area contributed by atoms with E-state index in [0.29, 0.717) is 32.8 Å². The lowest BCUT2D eigenvalue weighted by Crippen LogP contribution is -2.46. The van der Waals surface area contributed by atoms with Gasteiger partial charge >= 0.3 is 6.03 Å². The van der Waals surface area contributed by atoms with Gasteiger partial charge in [-0.1, -0.05) is 18.2 Å². The van der Waals surface area contributed by atoms with Gasteiger partial charge in [0.15, 0.2) is 0 Å². The summed E-state index contributed by atoms with van der Waals surface area (Å²) in [6.07, 6.45) is 0. The van der Waals surface area contributed by atoms with E-state index < -0.39 is 0 Å². The number of furan rings is 1. The van der Waals surface area contributed by atoms with E-state index in [1.54, 1.807) is 0 Å². The van der Waals surface area contributed by atoms with E-state index in [2.05, 4.69) is 25.8 Å². The second-order valence-corrected chi connectivity index (χ2v) is 7.57. The molecule has 3 aromatic rings. The largest absolute Gasteiger partial charge is 0.465 e. The zero-order valence-corrected chi connectivity index (χ0v) is 17.8. The maximum Gasteiger partial charge on any atom is 0.314 e. The molecule has 0 aliphatic carbocycles. The maximum atomic E-state index is 12.3. The average Bonchev–Trinajstić information content (AvgIpc) is 3.23. The van der Waals surface area contributed by atoms with Gasteiger partial charge in [0.25, 0.3) is 0 Å². The van der Waals surface area contributed by atoms with Crippen LogP contribution in [-0.2, 0) is 4.74 Å². The van der Waals surface area contributed by atoms with Crippen molar-refractivity contribution in [1.82, 2.24) is 20.5 Å². The predicted molar refractivity (Wildman–Crippen MR) is 120 cm³/mol. The number of ether oxygens (including phenoxy) is 1. The lowest BCUT2D eigenvalue weighted by Gasteiger charge is -2.33. The Hall–Kier alpha value is -3.10. The van der Waals surface area contributed by atoms with E-state index >= 15 is 0 Å². The number of urea groups is 1. The standard InChI is InChI=1S/C23H29N5O3/c1-17-6-8-21(31-17)20(28-12-14-30-15-13-28)16-26-23(29)25-11-10-24-22-9-7-18-4-2-3-5-19(18)27-22/h2-9,20H,10-16H2,1H3,(H,24,27)(H2,25,26,29). The van der Waals surface area contributed by atoms with Crippen molar-refractivity contribution >= 4 is 22.8 Å². The number of carbonyl (C=O) groups is 1. The van der Waals surface area contributed by atoms with Crippen LogP contribution in [0.25, 0.3) is 10.9 Å². The molecule has 8 heteroatoms. The Kier molecular flexibility index (Phi) is 7.01. The van der Waals surface area contributed by atoms with Crippen LogP contribution in [0.3, 0.4) is 0 Å². The lowest BCUT2D eigenvalue weighted by atomic mass is 10.1. The van der Waals surface area contributed by atoms with Crippen molar-refractivity contribution in [3.63, 3.8) is 0 Å². The first-order valence-electron chi connectivity index (χ1n) is 10.7. The van der Waals surface area contributed by atoms with Crippen LogP contribution in [0.15, 0.2) is 52.9 Å². The molecule has 4 rings (SSSR count). The van der Waals surface area contributed by atoms with E-state index in [1.165, 1.54) is 0 Å². The highest BCUT2D eigenvalue weighted by molar-refractivity contribution is 5.80. The zero-order valence-electron chi connectivity index (χ0n) is 17.8. The van der Waals surface area contributed by atoms with Crippen molar-refractivity contribution in [2.75, 3.05) is 51.3 Å². The van der Waals surface area contributed by atoms with E-state index in [4.69, 9.17) is 9.15 Å². The fourth-order valence-corrected chi connectivity index (χ4v) is 3.71. The molecule has 3 heterocycles. The highest BCUT2D eigenvalue weighted by Crippen LogP contribution is 2.23. The van der Waals surface area contributed by atoms with E-state index in [0.717, 1.165) is 41.3 Å². The molecule has 2 aromatic heterocycles. The van der Waals surface area contributed by atoms with E-state index in [1.807, 2.05) is 55.5 Å². The molecule has 0 spiro atoms. The van der Waals surface area contributed by atoms with Crippen molar-refractivity contribution in [1.29, 1.82) is 0 Å². The third-order valence-corrected chi connectivity index (χ3v) is 5.35. The highest BCUT2D eigenvalue weighted by atomic mass is 16.5. The van der Waals surface area contributed by atoms with E-state index in [-0.39, 0.29) is 12.1 Å². The first-order chi connectivity index (χ1) is 15.2. The van der Waals surface area contributed by atoms with Gasteiger partial charge in [0.05, 0.1) is 24.8 Å². The average molecular weight is 424 g/mol. The Balaban J connectivity index is 1.23. The number of carbonyl (C=O) groups excluding carboxylic acids is 1. The molecule has 31 heavy (non-hydrogen) atoms. The molecule has 3 N–H and O–H groups in total. The number of anilines is 1. The number of aryl methyl sites for hydroxylation is 1. The summed E-state index contributed by atoms with van der Waals surface area (Å²) in [7, 11) is 0. The quantitative estimate of drug-likeness (QED) is 0.483. The normalized spacial score (nSPS) is 15.5. The summed E-state index contributed by atoms with van der Waals surface area (Å²) in [5.74, 6) is 2.52. The zero-order chi connectivity index (χ0) is 21.5. The molecule has 8 nitrogen and oxygen atoms in total. The number of morpholine rings is 1. The van der Waals surface area contributed by atoms with Crippen LogP contribution in [0, 0.1) is 6.92 Å². The number of benzene rings is 1. The van der Waals surface area contributed by atoms with Gasteiger partial charge in [-0.3, -0.25) is 4.90 Å². The number of nitrogens with one attached hydrogen (secondary N) is 3. The van der Waals surface area contributed by atoms with Gasteiger partial charge in [0, 0.05) is 38.1 Å². The molecule has 1 saturated heterocycles. The number of nitrogens with zero attached hydrogens (tertiary/aromatic N) is 2. The Morgan fingerprint density at radius 1 is 1.06 bits per heavy atom. The fraction of sp³-hybridized carbons (Fsp3) is 0.391. The number of aromatic nitrogens is 1. The number of hydrogen-bond donors (Lipinski definition) is 3. The Morgan fingerprint density at radius 2 is 1.90 bits per heavy atom. The number of pyridine rings is 1. The lowest BCUT2D eigenvalue weighted by molar-refractivity contribution is 0.0121. The second-order valence-electron chi connectivity index (χ2n) is 7.57. The van der Waals surface area contributed by atoms with E-state index in [9.17, 15) is 4.79 Å². The fourth-order valence-electron chi connectivity index (χ4n) is 3.71. The molecule has 0 bridgehead atoms. The van der Waals surface area contributed by atoms with Crippen molar-refractivity contribution in [2.45, 2.75) is 13.0 Å². The van der Waals surface area contributed by atoms with Gasteiger partial charge in [0.2, 0.25) is 0 Å². The summed E-state index contributed by atoms with van der Waals surface area (Å²) in [5.41, 5.74) is 0.945. The van der Waals surface area contributed by atoms with Gasteiger partial charge in [-0.05, 0) is 37.3 Å². The minimum atomic E-state index is -0.199. The van der Waals surface area contributed by atoms with Gasteiger partial charge in [0.1, 0.15) is 17.3 Å². The topological polar surface area (TPSA) is 91.7 Å². The smallest absolute Gasteiger partial charge is 0.314 e. The molecule has 1 atom stereocenters. The highest BCUT2D eigenvalue weighted by Gasteiger charge is 2.25. The number of hydrogen-bond acceptors (Lipinski definition) is 6. The number of para-hydroxylation sites is 1. The van der Waals surface area contributed by atoms with Gasteiger partial charge in [-0.2, -0.15) is 0 Å². The van der Waals surface area contributed by atoms with Crippen LogP contribution in [0.2, 0.25) is 0 Å². The summed E-state index contributed by atoms with van der Waals surface area (Å²) in [6.45, 7) is 6.49. The van der Waals surface area contributed by atoms with Gasteiger partial charge in [-0.25, -0.2) is 9.78 Å². The van der Waals surface area contributed by atoms with Crippen molar-refractivity contribution < 1.29 is 13.9 Å². The summed E-state index contributed by atoms with van der Waals surface area (Å²) >= 11 is 0. The van der Waals surface area contributed by atoms with Gasteiger partial charge < -0.3 is 25.1 Å². The first kappa shape index (κ1) is 21.1. The number of amides is 2. The summed E-state index contributed by atoms with van der Waals surface area (Å²) in [4.78, 5) is 19.2. The minimum absolute atomic E-state index is 0.0109. The molecule has 1 unspecified atom stereocenters. The minimum Gasteiger partial charge on any atom is -0.465 e. The van der Waals surface area contributed by atoms with Crippen molar-refractivity contribution in [3.8, 4) is 0 Å². The molecular weight excluding hydrogens is 394 g/mol. The second kappa shape index (κ2) is 10.3. The number of fused-ring (bicyclic) bond motifs is 1. The molecule has 164 valence electrons. The summed E-state index contributed by atoms with van der Waals surface area (Å²) < 4.78 is 11.3. The molecular formula is C23H29N5O3. The molecule has 1 aromatic carbocycles. The van der Waals surface area contributed by atoms with Crippen LogP contribution >= 0.6 is 0 Å². The van der Waals surface area contributed by atoms with Crippen LogP contribution < -0.4 is 16.0 Å². The van der Waals surface area contributed by atoms with Crippen LogP contribution in [0.4, 0.5) is 10.6 Å². The molecule has 0 saturated carbocycles. The van der Waals surface area contributed by atoms with Crippen LogP contribution in [0.1, 0.15) is 17.6 Å². The Bertz CT molecular complexity index is 1000. The monoisotopic (exact) mass is 423 g/mol. The van der Waals surface area contributed by atoms with Gasteiger partial charge in [-0.15, -0.1) is 0 Å². The summed E-state index contributed by atoms with van der Waals surface area (Å²) in [6, 6.07) is 15.7. The summed E-state index contributed by atoms with van der Waals surface area (Å²) in [5, 5.41) is 10.2. The van der Waals surface area contributed by atoms with Crippen LogP contribution in [-0.4, -0.2) is 61.9 Å². The third kappa shape index (κ3) is 5.74. The maximum absolute atomic E-state index is 12.3. The predicted octanol–water partition coefficient (Wildman–Crippen LogP) is 2.92.